The Bertz CT molecular complexity index is 15.5. The Morgan fingerprint density at radius 1 is 1.75 bits per heavy atom. The van der Waals surface area contributed by atoms with E-state index in [2.05, 4.69) is 11.2 Å². The number of hydrogen-bond donors (Lipinski definition) is 0. The monoisotopic (exact) mass is 102 g/mol. The second-order valence-corrected chi connectivity index (χ2v) is 0.621. The van der Waals surface area contributed by atoms with Crippen molar-refractivity contribution in [1.82, 2.24) is 0 Å². The van der Waals surface area contributed by atoms with Crippen LogP contribution in [-0.2, 0) is 4.57 Å². The van der Waals surface area contributed by atoms with E-state index < -0.39 is 0 Å². The molecule has 0 spiro atoms. The van der Waals surface area contributed by atoms with E-state index >= 15 is 0 Å². The molecule has 0 fully saturated rings. The summed E-state index contributed by atoms with van der Waals surface area (Å²) in [5.74, 6) is 0. The molecule has 0 saturated heterocycles. The van der Waals surface area contributed by atoms with Crippen molar-refractivity contribution < 1.29 is 9.27 Å². The van der Waals surface area contributed by atoms with E-state index in [0.717, 1.165) is 0 Å². The van der Waals surface area contributed by atoms with Gasteiger partial charge in [0.25, 0.3) is 7.81 Å². The molecule has 0 rings (SSSR count). The fourth-order valence-corrected chi connectivity index (χ4v) is 0. The molecule has 0 unspecified atom stereocenters. The van der Waals surface area contributed by atoms with Crippen LogP contribution in [0.15, 0.2) is 0 Å². The molecule has 1 nitrogen and oxygen atoms in total. The second kappa shape index (κ2) is 10.3. The zero-order valence-corrected chi connectivity index (χ0v) is 3.29. The van der Waals surface area contributed by atoms with Crippen LogP contribution in [0.3, 0.4) is 0 Å². The number of hydrogen-bond acceptors (Lipinski definition) is 1. The average molecular weight is 102 g/mol. The van der Waals surface area contributed by atoms with E-state index in [1.54, 1.807) is 0 Å². The Hall–Kier alpha value is 0.320. The predicted octanol–water partition coefficient (Wildman–Crippen LogP) is 1.58. The van der Waals surface area contributed by atoms with Gasteiger partial charge in [0.05, 0.1) is 0 Å². The van der Waals surface area contributed by atoms with Gasteiger partial charge in [-0.25, -0.2) is 0 Å². The molecular weight excluding hydrogens is 101 g/mol. The molecule has 0 radical (unpaired) electrons. The van der Waals surface area contributed by atoms with Gasteiger partial charge in [-0.1, -0.05) is 0 Å². The first-order valence-electron chi connectivity index (χ1n) is 0.352. The molecule has 4 heteroatoms. The maximum Gasteiger partial charge on any atom is 0.267 e. The maximum absolute atomic E-state index is 8.67. The highest BCUT2D eigenvalue weighted by molar-refractivity contribution is 7.57. The van der Waals surface area contributed by atoms with E-state index in [-0.39, 0.29) is 12.5 Å². The van der Waals surface area contributed by atoms with Gasteiger partial charge in [0.1, 0.15) is 0 Å². The van der Waals surface area contributed by atoms with Crippen molar-refractivity contribution in [1.29, 1.82) is 0 Å². The van der Waals surface area contributed by atoms with Crippen LogP contribution in [0.25, 0.3) is 0 Å². The van der Waals surface area contributed by atoms with Gasteiger partial charge < -0.3 is 0 Å². The summed E-state index contributed by atoms with van der Waals surface area (Å²) >= 11 is 4.42. The van der Waals surface area contributed by atoms with Crippen molar-refractivity contribution in [2.24, 2.45) is 0 Å². The zero-order chi connectivity index (χ0) is 2.71. The van der Waals surface area contributed by atoms with Crippen molar-refractivity contribution in [3.63, 3.8) is 0 Å². The molecule has 0 bridgehead atoms. The first kappa shape index (κ1) is 8.85. The third-order valence-corrected chi connectivity index (χ3v) is 0. The van der Waals surface area contributed by atoms with Gasteiger partial charge in [-0.3, -0.25) is 9.27 Å². The van der Waals surface area contributed by atoms with Gasteiger partial charge in [-0.15, -0.1) is 0 Å². The minimum Gasteiger partial charge on any atom is -0.269 e. The summed E-state index contributed by atoms with van der Waals surface area (Å²) in [6.07, 6.45) is 0. The Morgan fingerprint density at radius 3 is 1.75 bits per heavy atom. The number of rotatable bonds is 0. The van der Waals surface area contributed by atoms with E-state index in [1.165, 1.54) is 0 Å². The van der Waals surface area contributed by atoms with E-state index in [1.807, 2.05) is 0 Å². The average Bonchev–Trinajstić information content (AvgIpc) is 0.918. The van der Waals surface area contributed by atoms with Crippen molar-refractivity contribution in [2.45, 2.75) is 0 Å². The molecule has 0 heterocycles. The zero-order valence-electron chi connectivity index (χ0n) is 1.64. The Kier molecular flexibility index (Phi) is 22.7. The van der Waals surface area contributed by atoms with Crippen molar-refractivity contribution in [3.8, 4) is 0 Å². The van der Waals surface area contributed by atoms with Crippen molar-refractivity contribution in [3.05, 3.63) is 0 Å². The summed E-state index contributed by atoms with van der Waals surface area (Å²) in [5.41, 5.74) is 0. The third kappa shape index (κ3) is 39.5. The van der Waals surface area contributed by atoms with E-state index in [4.69, 9.17) is 4.57 Å². The third-order valence-electron chi connectivity index (χ3n) is 0. The van der Waals surface area contributed by atoms with Gasteiger partial charge in [-0.05, 0) is 11.2 Å². The van der Waals surface area contributed by atoms with Gasteiger partial charge in [0.2, 0.25) is 0 Å². The summed E-state index contributed by atoms with van der Waals surface area (Å²) in [6.45, 7) is 0. The van der Waals surface area contributed by atoms with Gasteiger partial charge >= 0.3 is 0 Å². The van der Waals surface area contributed by atoms with Gasteiger partial charge in [0.15, 0.2) is 0 Å². The van der Waals surface area contributed by atoms with Crippen molar-refractivity contribution in [2.75, 3.05) is 0 Å². The van der Waals surface area contributed by atoms with Crippen LogP contribution in [0.1, 0.15) is 0 Å². The lowest BCUT2D eigenvalue weighted by molar-refractivity contribution is 0.605. The van der Waals surface area contributed by atoms with Crippen LogP contribution in [0.4, 0.5) is 4.70 Å². The highest BCUT2D eigenvalue weighted by Gasteiger charge is 1.33. The molecule has 0 atom stereocenters. The molecule has 0 amide bonds. The summed E-state index contributed by atoms with van der Waals surface area (Å²) in [7, 11) is -0.361. The van der Waals surface area contributed by atoms with Crippen LogP contribution in [0.5, 0.6) is 0 Å². The highest BCUT2D eigenvalue weighted by Crippen LogP contribution is 1.92. The van der Waals surface area contributed by atoms with Crippen LogP contribution in [0.2, 0.25) is 0 Å². The molecule has 4 heavy (non-hydrogen) atoms. The van der Waals surface area contributed by atoms with Crippen LogP contribution in [0, 0.1) is 0 Å². The minimum atomic E-state index is -0.361. The molecule has 0 aliphatic carbocycles. The molecule has 26 valence electrons. The summed E-state index contributed by atoms with van der Waals surface area (Å²) in [6, 6.07) is 0. The quantitative estimate of drug-likeness (QED) is 0.425. The summed E-state index contributed by atoms with van der Waals surface area (Å²) in [5, 5.41) is 0. The van der Waals surface area contributed by atoms with Crippen LogP contribution < -0.4 is 0 Å². The molecule has 0 aliphatic heterocycles. The normalized spacial score (nSPS) is 5.25. The fraction of sp³-hybridized carbons (Fsp3) is 0. The molecule has 0 aromatic heterocycles. The lowest BCUT2D eigenvalue weighted by Gasteiger charge is -1.16. The van der Waals surface area contributed by atoms with E-state index in [9.17, 15) is 0 Å². The van der Waals surface area contributed by atoms with E-state index in [0.29, 0.717) is 0 Å². The lowest BCUT2D eigenvalue weighted by Crippen LogP contribution is -0.706. The molecule has 0 aromatic carbocycles. The number of halogens is 2. The Balaban J connectivity index is 0. The second-order valence-electron chi connectivity index (χ2n) is 0.0690. The fourth-order valence-electron chi connectivity index (χ4n) is 0. The van der Waals surface area contributed by atoms with Gasteiger partial charge in [-0.2, -0.15) is 0 Å². The summed E-state index contributed by atoms with van der Waals surface area (Å²) in [4.78, 5) is 0. The lowest BCUT2D eigenvalue weighted by atomic mass is 16.0. The van der Waals surface area contributed by atoms with Crippen LogP contribution in [-0.4, -0.2) is 0 Å². The van der Waals surface area contributed by atoms with Crippen molar-refractivity contribution >= 4 is 19.1 Å². The first-order chi connectivity index (χ1) is 1.41. The first-order valence-corrected chi connectivity index (χ1v) is 2.07. The molecular formula is HClFOP. The highest BCUT2D eigenvalue weighted by atomic mass is 35.7. The molecule has 0 saturated carbocycles. The maximum atomic E-state index is 8.67. The topological polar surface area (TPSA) is 17.1 Å². The van der Waals surface area contributed by atoms with Crippen LogP contribution >= 0.6 is 19.1 Å². The summed E-state index contributed by atoms with van der Waals surface area (Å²) < 4.78 is 8.67. The smallest absolute Gasteiger partial charge is 0.267 e. The van der Waals surface area contributed by atoms with Gasteiger partial charge in [0, 0.05) is 0 Å². The predicted molar refractivity (Wildman–Crippen MR) is 16.0 cm³/mol. The molecule has 0 aliphatic rings. The standard InChI is InChI=1S/ClOP.FH/c1-3-2;/h;1H. The molecule has 0 N–H and O–H groups in total. The Labute approximate surface area is 29.3 Å². The molecule has 0 aromatic rings. The SMILES string of the molecule is F.O=PCl. The Morgan fingerprint density at radius 2 is 1.75 bits per heavy atom. The largest absolute Gasteiger partial charge is 0.269 e. The minimum absolute atomic E-state index is 0.